The van der Waals surface area contributed by atoms with E-state index in [0.717, 1.165) is 12.3 Å². The molecule has 1 heterocycles. The maximum absolute atomic E-state index is 12.0. The van der Waals surface area contributed by atoms with Crippen LogP contribution in [0.4, 0.5) is 0 Å². The van der Waals surface area contributed by atoms with Gasteiger partial charge in [-0.3, -0.25) is 4.79 Å². The third-order valence-electron chi connectivity index (χ3n) is 2.73. The van der Waals surface area contributed by atoms with E-state index in [1.807, 2.05) is 0 Å². The quantitative estimate of drug-likeness (QED) is 0.565. The average molecular weight is 313 g/mol. The smallest absolute Gasteiger partial charge is 0.355 e. The molecule has 0 saturated heterocycles. The van der Waals surface area contributed by atoms with Crippen LogP contribution in [-0.2, 0) is 20.8 Å². The molecule has 22 heavy (non-hydrogen) atoms. The van der Waals surface area contributed by atoms with Crippen molar-refractivity contribution >= 4 is 11.9 Å². The fraction of sp³-hybridized carbons (Fsp3) is 0.500. The van der Waals surface area contributed by atoms with Crippen molar-refractivity contribution in [1.82, 2.24) is 4.57 Å². The molecule has 0 aromatic carbocycles. The highest BCUT2D eigenvalue weighted by Gasteiger charge is 2.20. The maximum atomic E-state index is 12.0. The standard InChI is InChI=1S/C14H19NO7/c1-4-21-13(18)9-7-15(8-12(17)20-3)10(6-11(9)16)14(19)22-5-2/h6-7,12,17H,4-5,8H2,1-3H3. The van der Waals surface area contributed by atoms with Gasteiger partial charge in [0, 0.05) is 19.4 Å². The fourth-order valence-corrected chi connectivity index (χ4v) is 1.71. The minimum Gasteiger partial charge on any atom is -0.462 e. The number of carbonyl (C=O) groups excluding carboxylic acids is 2. The summed E-state index contributed by atoms with van der Waals surface area (Å²) in [7, 11) is 1.28. The number of aliphatic hydroxyl groups is 1. The Morgan fingerprint density at radius 2 is 1.82 bits per heavy atom. The second-order valence-electron chi connectivity index (χ2n) is 4.22. The Hall–Kier alpha value is -2.19. The summed E-state index contributed by atoms with van der Waals surface area (Å²) < 4.78 is 15.6. The molecular weight excluding hydrogens is 294 g/mol. The van der Waals surface area contributed by atoms with E-state index in [1.165, 1.54) is 11.7 Å². The molecule has 1 aromatic heterocycles. The number of hydrogen-bond acceptors (Lipinski definition) is 7. The molecule has 1 unspecified atom stereocenters. The molecule has 0 fully saturated rings. The van der Waals surface area contributed by atoms with E-state index in [2.05, 4.69) is 0 Å². The number of carbonyl (C=O) groups is 2. The Morgan fingerprint density at radius 1 is 1.23 bits per heavy atom. The highest BCUT2D eigenvalue weighted by atomic mass is 16.6. The van der Waals surface area contributed by atoms with Crippen molar-refractivity contribution in [3.63, 3.8) is 0 Å². The van der Waals surface area contributed by atoms with Crippen molar-refractivity contribution in [3.05, 3.63) is 33.7 Å². The molecule has 0 aliphatic rings. The lowest BCUT2D eigenvalue weighted by Gasteiger charge is -2.16. The van der Waals surface area contributed by atoms with E-state index in [4.69, 9.17) is 14.2 Å². The van der Waals surface area contributed by atoms with Crippen LogP contribution in [-0.4, -0.2) is 48.2 Å². The summed E-state index contributed by atoms with van der Waals surface area (Å²) in [6.45, 7) is 3.31. The number of esters is 2. The number of rotatable bonds is 7. The van der Waals surface area contributed by atoms with E-state index in [9.17, 15) is 19.5 Å². The molecule has 122 valence electrons. The number of ether oxygens (including phenoxy) is 3. The number of aliphatic hydroxyl groups excluding tert-OH is 1. The van der Waals surface area contributed by atoms with Crippen LogP contribution < -0.4 is 5.43 Å². The molecule has 0 amide bonds. The van der Waals surface area contributed by atoms with Gasteiger partial charge in [-0.15, -0.1) is 0 Å². The lowest BCUT2D eigenvalue weighted by molar-refractivity contribution is -0.0838. The normalized spacial score (nSPS) is 11.8. The van der Waals surface area contributed by atoms with Crippen molar-refractivity contribution in [1.29, 1.82) is 0 Å². The Kier molecular flexibility index (Phi) is 6.74. The highest BCUT2D eigenvalue weighted by Crippen LogP contribution is 2.07. The van der Waals surface area contributed by atoms with E-state index in [1.54, 1.807) is 13.8 Å². The number of hydrogen-bond donors (Lipinski definition) is 1. The van der Waals surface area contributed by atoms with Gasteiger partial charge in [-0.05, 0) is 13.8 Å². The van der Waals surface area contributed by atoms with Crippen molar-refractivity contribution < 1.29 is 28.9 Å². The first kappa shape index (κ1) is 17.9. The van der Waals surface area contributed by atoms with Crippen LogP contribution in [0.25, 0.3) is 0 Å². The summed E-state index contributed by atoms with van der Waals surface area (Å²) >= 11 is 0. The number of methoxy groups -OCH3 is 1. The van der Waals surface area contributed by atoms with E-state index >= 15 is 0 Å². The summed E-state index contributed by atoms with van der Waals surface area (Å²) in [6, 6.07) is 0.979. The highest BCUT2D eigenvalue weighted by molar-refractivity contribution is 5.91. The van der Waals surface area contributed by atoms with Gasteiger partial charge < -0.3 is 23.9 Å². The number of pyridine rings is 1. The lowest BCUT2D eigenvalue weighted by Crippen LogP contribution is -2.28. The zero-order valence-corrected chi connectivity index (χ0v) is 12.7. The van der Waals surface area contributed by atoms with Crippen LogP contribution in [0.1, 0.15) is 34.7 Å². The van der Waals surface area contributed by atoms with Crippen LogP contribution in [0, 0.1) is 0 Å². The SMILES string of the molecule is CCOC(=O)c1cn(CC(O)OC)c(C(=O)OCC)cc1=O. The summed E-state index contributed by atoms with van der Waals surface area (Å²) in [6.07, 6.45) is -0.0693. The van der Waals surface area contributed by atoms with Gasteiger partial charge in [0.2, 0.25) is 0 Å². The molecule has 0 saturated carbocycles. The molecule has 1 N–H and O–H groups in total. The zero-order chi connectivity index (χ0) is 16.7. The fourth-order valence-electron chi connectivity index (χ4n) is 1.71. The van der Waals surface area contributed by atoms with Gasteiger partial charge in [0.1, 0.15) is 11.3 Å². The summed E-state index contributed by atoms with van der Waals surface area (Å²) in [5.41, 5.74) is -0.987. The van der Waals surface area contributed by atoms with Crippen molar-refractivity contribution in [2.24, 2.45) is 0 Å². The van der Waals surface area contributed by atoms with Crippen LogP contribution in [0.15, 0.2) is 17.1 Å². The van der Waals surface area contributed by atoms with Crippen molar-refractivity contribution in [3.8, 4) is 0 Å². The molecule has 0 bridgehead atoms. The molecule has 8 nitrogen and oxygen atoms in total. The number of aromatic nitrogens is 1. The Labute approximate surface area is 127 Å². The van der Waals surface area contributed by atoms with E-state index in [0.29, 0.717) is 0 Å². The average Bonchev–Trinajstić information content (AvgIpc) is 2.48. The topological polar surface area (TPSA) is 104 Å². The second kappa shape index (κ2) is 8.30. The Balaban J connectivity index is 3.32. The molecule has 1 atom stereocenters. The van der Waals surface area contributed by atoms with E-state index in [-0.39, 0.29) is 31.0 Å². The van der Waals surface area contributed by atoms with Gasteiger partial charge >= 0.3 is 11.9 Å². The Morgan fingerprint density at radius 3 is 2.36 bits per heavy atom. The van der Waals surface area contributed by atoms with Crippen molar-refractivity contribution in [2.75, 3.05) is 20.3 Å². The molecule has 1 aromatic rings. The molecule has 0 aliphatic heterocycles. The van der Waals surface area contributed by atoms with Gasteiger partial charge in [-0.25, -0.2) is 9.59 Å². The molecule has 8 heteroatoms. The predicted molar refractivity (Wildman–Crippen MR) is 75.6 cm³/mol. The monoisotopic (exact) mass is 313 g/mol. The van der Waals surface area contributed by atoms with Gasteiger partial charge in [0.25, 0.3) is 0 Å². The van der Waals surface area contributed by atoms with Gasteiger partial charge in [-0.2, -0.15) is 0 Å². The van der Waals surface area contributed by atoms with Crippen LogP contribution in [0.5, 0.6) is 0 Å². The van der Waals surface area contributed by atoms with Gasteiger partial charge in [0.05, 0.1) is 19.8 Å². The van der Waals surface area contributed by atoms with Gasteiger partial charge in [0.15, 0.2) is 11.7 Å². The van der Waals surface area contributed by atoms with Crippen LogP contribution in [0.3, 0.4) is 0 Å². The number of nitrogens with zero attached hydrogens (tertiary/aromatic N) is 1. The van der Waals surface area contributed by atoms with Crippen LogP contribution >= 0.6 is 0 Å². The molecular formula is C14H19NO7. The second-order valence-corrected chi connectivity index (χ2v) is 4.22. The first-order valence-electron chi connectivity index (χ1n) is 6.74. The van der Waals surface area contributed by atoms with E-state index < -0.39 is 23.7 Å². The third kappa shape index (κ3) is 4.40. The summed E-state index contributed by atoms with van der Waals surface area (Å²) in [5, 5.41) is 9.56. The zero-order valence-electron chi connectivity index (χ0n) is 12.7. The molecule has 0 spiro atoms. The predicted octanol–water partition coefficient (Wildman–Crippen LogP) is 0.167. The van der Waals surface area contributed by atoms with Gasteiger partial charge in [-0.1, -0.05) is 0 Å². The van der Waals surface area contributed by atoms with Crippen molar-refractivity contribution in [2.45, 2.75) is 26.7 Å². The molecule has 0 radical (unpaired) electrons. The summed E-state index contributed by atoms with van der Waals surface area (Å²) in [4.78, 5) is 35.6. The molecule has 0 aliphatic carbocycles. The minimum atomic E-state index is -1.22. The first-order valence-corrected chi connectivity index (χ1v) is 6.74. The first-order chi connectivity index (χ1) is 10.4. The Bertz CT molecular complexity index is 593. The maximum Gasteiger partial charge on any atom is 0.355 e. The molecule has 1 rings (SSSR count). The summed E-state index contributed by atoms with van der Waals surface area (Å²) in [5.74, 6) is -1.54. The lowest BCUT2D eigenvalue weighted by atomic mass is 10.2. The minimum absolute atomic E-state index is 0.0870. The third-order valence-corrected chi connectivity index (χ3v) is 2.73. The van der Waals surface area contributed by atoms with Crippen LogP contribution in [0.2, 0.25) is 0 Å². The largest absolute Gasteiger partial charge is 0.462 e.